The van der Waals surface area contributed by atoms with Crippen molar-refractivity contribution in [3.05, 3.63) is 57.6 Å². The van der Waals surface area contributed by atoms with Crippen molar-refractivity contribution in [2.45, 2.75) is 52.4 Å². The van der Waals surface area contributed by atoms with E-state index in [-0.39, 0.29) is 17.2 Å². The summed E-state index contributed by atoms with van der Waals surface area (Å²) in [7, 11) is 3.01. The molecule has 7 nitrogen and oxygen atoms in total. The third-order valence-corrected chi connectivity index (χ3v) is 5.14. The average Bonchev–Trinajstić information content (AvgIpc) is 2.83. The summed E-state index contributed by atoms with van der Waals surface area (Å²) in [6.45, 7) is 5.10. The van der Waals surface area contributed by atoms with Crippen LogP contribution < -0.4 is 18.9 Å². The predicted octanol–water partition coefficient (Wildman–Crippen LogP) is 6.62. The highest BCUT2D eigenvalue weighted by atomic mass is 16.6. The Labute approximate surface area is 196 Å². The molecule has 2 rings (SSSR count). The molecule has 2 aromatic carbocycles. The Morgan fingerprint density at radius 3 is 2.03 bits per heavy atom. The van der Waals surface area contributed by atoms with Gasteiger partial charge in [0.2, 0.25) is 11.5 Å². The van der Waals surface area contributed by atoms with Crippen LogP contribution in [-0.2, 0) is 0 Å². The van der Waals surface area contributed by atoms with Gasteiger partial charge in [-0.15, -0.1) is 0 Å². The summed E-state index contributed by atoms with van der Waals surface area (Å²) in [4.78, 5) is 11.8. The predicted molar refractivity (Wildman–Crippen MR) is 131 cm³/mol. The first-order chi connectivity index (χ1) is 16.1. The molecule has 0 saturated carbocycles. The quantitative estimate of drug-likeness (QED) is 0.129. The number of rotatable bonds is 15. The summed E-state index contributed by atoms with van der Waals surface area (Å²) in [5.74, 6) is 1.33. The van der Waals surface area contributed by atoms with Crippen molar-refractivity contribution in [1.29, 1.82) is 0 Å². The van der Waals surface area contributed by atoms with Crippen LogP contribution in [0.25, 0.3) is 11.8 Å². The Morgan fingerprint density at radius 1 is 0.879 bits per heavy atom. The molecule has 7 heteroatoms. The number of hydrogen-bond donors (Lipinski definition) is 0. The molecule has 0 radical (unpaired) electrons. The maximum atomic E-state index is 12.2. The number of ether oxygens (including phenoxy) is 4. The minimum absolute atomic E-state index is 0.106. The molecule has 0 bridgehead atoms. The zero-order chi connectivity index (χ0) is 24.1. The Balaban J connectivity index is 2.63. The molecule has 2 aromatic rings. The highest BCUT2D eigenvalue weighted by molar-refractivity contribution is 5.83. The lowest BCUT2D eigenvalue weighted by molar-refractivity contribution is -0.374. The van der Waals surface area contributed by atoms with Gasteiger partial charge in [0.05, 0.1) is 32.4 Å². The van der Waals surface area contributed by atoms with Gasteiger partial charge < -0.3 is 18.9 Å². The number of nitrogens with zero attached hydrogens (tertiary/aromatic N) is 1. The number of hydrogen-bond acceptors (Lipinski definition) is 6. The van der Waals surface area contributed by atoms with Gasteiger partial charge in [0.15, 0.2) is 11.5 Å². The van der Waals surface area contributed by atoms with Crippen molar-refractivity contribution >= 4 is 11.8 Å². The highest BCUT2D eigenvalue weighted by Gasteiger charge is 2.29. The second-order valence-corrected chi connectivity index (χ2v) is 7.63. The average molecular weight is 458 g/mol. The summed E-state index contributed by atoms with van der Waals surface area (Å²) >= 11 is 0. The molecule has 0 N–H and O–H groups in total. The molecule has 0 fully saturated rings. The van der Waals surface area contributed by atoms with E-state index in [2.05, 4.69) is 13.8 Å². The van der Waals surface area contributed by atoms with Crippen LogP contribution in [0.2, 0.25) is 0 Å². The summed E-state index contributed by atoms with van der Waals surface area (Å²) in [5, 5.41) is 12.2. The standard InChI is InChI=1S/C26H35NO6/c1-5-7-12-16-32-23-19-21(22(27(28)29)18-20-14-10-9-11-15-20)24(33-17-13-8-6-2)26(31-4)25(23)30-3/h9-11,14-15,18-19H,5-8,12-13,16-17H2,1-4H3. The molecule has 0 aliphatic rings. The molecule has 0 aliphatic carbocycles. The third-order valence-electron chi connectivity index (χ3n) is 5.14. The van der Waals surface area contributed by atoms with Crippen LogP contribution in [0.15, 0.2) is 36.4 Å². The lowest BCUT2D eigenvalue weighted by Gasteiger charge is -2.20. The molecule has 0 atom stereocenters. The highest BCUT2D eigenvalue weighted by Crippen LogP contribution is 2.49. The molecule has 0 aromatic heterocycles. The number of methoxy groups -OCH3 is 2. The monoisotopic (exact) mass is 457 g/mol. The molecular weight excluding hydrogens is 422 g/mol. The fourth-order valence-corrected chi connectivity index (χ4v) is 3.42. The zero-order valence-corrected chi connectivity index (χ0v) is 20.1. The minimum atomic E-state index is -0.409. The zero-order valence-electron chi connectivity index (χ0n) is 20.1. The Morgan fingerprint density at radius 2 is 1.48 bits per heavy atom. The van der Waals surface area contributed by atoms with Gasteiger partial charge in [-0.2, -0.15) is 0 Å². The summed E-state index contributed by atoms with van der Waals surface area (Å²) in [6.07, 6.45) is 7.34. The SMILES string of the molecule is CCCCCOc1cc(C(=Cc2ccccc2)[N+](=O)[O-])c(OCCCCC)c(OC)c1OC. The first kappa shape index (κ1) is 26.0. The van der Waals surface area contributed by atoms with Gasteiger partial charge in [-0.05, 0) is 18.4 Å². The van der Waals surface area contributed by atoms with E-state index in [0.29, 0.717) is 35.8 Å². The largest absolute Gasteiger partial charge is 0.490 e. The molecule has 0 amide bonds. The van der Waals surface area contributed by atoms with Crippen molar-refractivity contribution in [3.8, 4) is 23.0 Å². The lowest BCUT2D eigenvalue weighted by atomic mass is 10.1. The van der Waals surface area contributed by atoms with Crippen molar-refractivity contribution in [1.82, 2.24) is 0 Å². The van der Waals surface area contributed by atoms with Crippen molar-refractivity contribution in [2.75, 3.05) is 27.4 Å². The van der Waals surface area contributed by atoms with Gasteiger partial charge in [0.25, 0.3) is 5.70 Å². The summed E-state index contributed by atoms with van der Waals surface area (Å²) < 4.78 is 23.3. The van der Waals surface area contributed by atoms with Crippen LogP contribution in [0.4, 0.5) is 0 Å². The maximum Gasteiger partial charge on any atom is 0.281 e. The molecule has 33 heavy (non-hydrogen) atoms. The van der Waals surface area contributed by atoms with Crippen LogP contribution in [0.5, 0.6) is 23.0 Å². The van der Waals surface area contributed by atoms with E-state index in [0.717, 1.165) is 38.5 Å². The van der Waals surface area contributed by atoms with E-state index in [1.54, 1.807) is 6.07 Å². The van der Waals surface area contributed by atoms with Crippen molar-refractivity contribution in [3.63, 3.8) is 0 Å². The normalized spacial score (nSPS) is 11.2. The van der Waals surface area contributed by atoms with Crippen LogP contribution in [0, 0.1) is 10.1 Å². The van der Waals surface area contributed by atoms with Gasteiger partial charge in [0.1, 0.15) is 5.56 Å². The van der Waals surface area contributed by atoms with E-state index in [1.165, 1.54) is 20.3 Å². The Bertz CT molecular complexity index is 911. The molecule has 0 unspecified atom stereocenters. The Hall–Kier alpha value is -3.22. The first-order valence-corrected chi connectivity index (χ1v) is 11.5. The molecule has 180 valence electrons. The fraction of sp³-hybridized carbons (Fsp3) is 0.462. The van der Waals surface area contributed by atoms with Gasteiger partial charge >= 0.3 is 0 Å². The topological polar surface area (TPSA) is 80.1 Å². The Kier molecular flexibility index (Phi) is 11.1. The van der Waals surface area contributed by atoms with Gasteiger partial charge in [-0.25, -0.2) is 0 Å². The van der Waals surface area contributed by atoms with E-state index in [4.69, 9.17) is 18.9 Å². The van der Waals surface area contributed by atoms with E-state index >= 15 is 0 Å². The van der Waals surface area contributed by atoms with Crippen LogP contribution in [0.3, 0.4) is 0 Å². The van der Waals surface area contributed by atoms with E-state index < -0.39 is 4.92 Å². The fourth-order valence-electron chi connectivity index (χ4n) is 3.42. The van der Waals surface area contributed by atoms with Crippen molar-refractivity contribution < 1.29 is 23.9 Å². The summed E-state index contributed by atoms with van der Waals surface area (Å²) in [5.41, 5.74) is 0.899. The number of benzene rings is 2. The second-order valence-electron chi connectivity index (χ2n) is 7.63. The summed E-state index contributed by atoms with van der Waals surface area (Å²) in [6, 6.07) is 10.8. The lowest BCUT2D eigenvalue weighted by Crippen LogP contribution is -2.09. The van der Waals surface area contributed by atoms with E-state index in [9.17, 15) is 10.1 Å². The molecule has 0 heterocycles. The van der Waals surface area contributed by atoms with Gasteiger partial charge in [-0.1, -0.05) is 69.9 Å². The smallest absolute Gasteiger partial charge is 0.281 e. The van der Waals surface area contributed by atoms with Gasteiger partial charge in [0, 0.05) is 12.1 Å². The first-order valence-electron chi connectivity index (χ1n) is 11.5. The molecule has 0 spiro atoms. The third kappa shape index (κ3) is 7.41. The molecular formula is C26H35NO6. The van der Waals surface area contributed by atoms with E-state index in [1.807, 2.05) is 30.3 Å². The number of nitro groups is 1. The number of unbranched alkanes of at least 4 members (excludes halogenated alkanes) is 4. The second kappa shape index (κ2) is 14.0. The molecule has 0 aliphatic heterocycles. The molecule has 0 saturated heterocycles. The van der Waals surface area contributed by atoms with Crippen LogP contribution in [0.1, 0.15) is 63.5 Å². The minimum Gasteiger partial charge on any atom is -0.490 e. The maximum absolute atomic E-state index is 12.2. The van der Waals surface area contributed by atoms with Crippen LogP contribution in [-0.4, -0.2) is 32.4 Å². The van der Waals surface area contributed by atoms with Gasteiger partial charge in [-0.3, -0.25) is 10.1 Å². The van der Waals surface area contributed by atoms with Crippen molar-refractivity contribution in [2.24, 2.45) is 0 Å². The van der Waals surface area contributed by atoms with Crippen LogP contribution >= 0.6 is 0 Å².